The number of hydrogen-bond donors (Lipinski definition) is 1. The second-order valence-corrected chi connectivity index (χ2v) is 3.46. The molecule has 0 bridgehead atoms. The first kappa shape index (κ1) is 11.7. The number of nitrogens with two attached hydrogens (primary N) is 1. The molecule has 2 N–H and O–H groups in total. The van der Waals surface area contributed by atoms with E-state index < -0.39 is 0 Å². The molecule has 12 heavy (non-hydrogen) atoms. The van der Waals surface area contributed by atoms with Crippen LogP contribution in [0.1, 0.15) is 52.4 Å². The lowest BCUT2D eigenvalue weighted by molar-refractivity contribution is 0.636. The van der Waals surface area contributed by atoms with Gasteiger partial charge in [-0.25, -0.2) is 0 Å². The maximum absolute atomic E-state index is 5.47. The van der Waals surface area contributed by atoms with Crippen LogP contribution in [0.25, 0.3) is 0 Å². The Hall–Kier alpha value is -0.300. The molecule has 0 aromatic heterocycles. The zero-order chi connectivity index (χ0) is 9.23. The van der Waals surface area contributed by atoms with Crippen LogP contribution in [0.3, 0.4) is 0 Å². The quantitative estimate of drug-likeness (QED) is 0.459. The molecule has 0 radical (unpaired) electrons. The van der Waals surface area contributed by atoms with Crippen LogP contribution in [0.5, 0.6) is 0 Å². The molecule has 0 saturated carbocycles. The van der Waals surface area contributed by atoms with Crippen molar-refractivity contribution < 1.29 is 0 Å². The van der Waals surface area contributed by atoms with E-state index in [9.17, 15) is 0 Å². The van der Waals surface area contributed by atoms with Gasteiger partial charge in [0.25, 0.3) is 0 Å². The Morgan fingerprint density at radius 1 is 1.17 bits per heavy atom. The summed E-state index contributed by atoms with van der Waals surface area (Å²) >= 11 is 0. The summed E-state index contributed by atoms with van der Waals surface area (Å²) in [4.78, 5) is 0. The Balaban J connectivity index is 3.10. The lowest BCUT2D eigenvalue weighted by Gasteiger charge is -1.98. The minimum absolute atomic E-state index is 0.717. The first-order chi connectivity index (χ1) is 5.81. The molecule has 72 valence electrons. The maximum atomic E-state index is 5.47. The van der Waals surface area contributed by atoms with Crippen molar-refractivity contribution in [1.29, 1.82) is 0 Å². The fourth-order valence-corrected chi connectivity index (χ4v) is 1.18. The van der Waals surface area contributed by atoms with Gasteiger partial charge in [-0.3, -0.25) is 0 Å². The van der Waals surface area contributed by atoms with Crippen molar-refractivity contribution in [3.63, 3.8) is 0 Å². The highest BCUT2D eigenvalue weighted by Gasteiger charge is 1.87. The van der Waals surface area contributed by atoms with Crippen molar-refractivity contribution in [2.24, 2.45) is 5.73 Å². The molecule has 1 heteroatoms. The molecule has 0 rings (SSSR count). The van der Waals surface area contributed by atoms with Gasteiger partial charge in [-0.15, -0.1) is 0 Å². The molecule has 0 saturated heterocycles. The summed E-state index contributed by atoms with van der Waals surface area (Å²) in [5.41, 5.74) is 6.79. The smallest absolute Gasteiger partial charge is 0.0134 e. The molecule has 0 heterocycles. The van der Waals surface area contributed by atoms with Gasteiger partial charge in [-0.05, 0) is 19.8 Å². The predicted molar refractivity (Wildman–Crippen MR) is 56.2 cm³/mol. The van der Waals surface area contributed by atoms with Crippen LogP contribution in [-0.2, 0) is 0 Å². The summed E-state index contributed by atoms with van der Waals surface area (Å²) in [5, 5.41) is 0. The maximum Gasteiger partial charge on any atom is 0.0134 e. The second-order valence-electron chi connectivity index (χ2n) is 3.46. The van der Waals surface area contributed by atoms with E-state index in [1.165, 1.54) is 44.1 Å². The third kappa shape index (κ3) is 7.80. The van der Waals surface area contributed by atoms with Crippen LogP contribution >= 0.6 is 0 Å². The van der Waals surface area contributed by atoms with Crippen LogP contribution in [0.2, 0.25) is 0 Å². The van der Waals surface area contributed by atoms with E-state index >= 15 is 0 Å². The van der Waals surface area contributed by atoms with E-state index in [4.69, 9.17) is 5.73 Å². The first-order valence-electron chi connectivity index (χ1n) is 5.17. The summed E-state index contributed by atoms with van der Waals surface area (Å²) < 4.78 is 0. The first-order valence-corrected chi connectivity index (χ1v) is 5.17. The van der Waals surface area contributed by atoms with Gasteiger partial charge in [0, 0.05) is 6.54 Å². The zero-order valence-electron chi connectivity index (χ0n) is 8.60. The normalized spacial score (nSPS) is 12.1. The van der Waals surface area contributed by atoms with Gasteiger partial charge in [0.15, 0.2) is 0 Å². The van der Waals surface area contributed by atoms with E-state index in [0.29, 0.717) is 0 Å². The van der Waals surface area contributed by atoms with E-state index in [0.717, 1.165) is 6.54 Å². The number of unbranched alkanes of at least 4 members (excludes halogenated alkanes) is 5. The van der Waals surface area contributed by atoms with Crippen molar-refractivity contribution in [3.8, 4) is 0 Å². The number of allylic oxidation sites excluding steroid dienone is 1. The Bertz CT molecular complexity index is 116. The van der Waals surface area contributed by atoms with E-state index in [-0.39, 0.29) is 0 Å². The summed E-state index contributed by atoms with van der Waals surface area (Å²) in [5.74, 6) is 0. The van der Waals surface area contributed by atoms with Crippen LogP contribution < -0.4 is 5.73 Å². The van der Waals surface area contributed by atoms with Crippen LogP contribution in [0.4, 0.5) is 0 Å². The van der Waals surface area contributed by atoms with Crippen molar-refractivity contribution in [2.45, 2.75) is 52.4 Å². The zero-order valence-corrected chi connectivity index (χ0v) is 8.60. The van der Waals surface area contributed by atoms with Crippen LogP contribution in [0, 0.1) is 0 Å². The van der Waals surface area contributed by atoms with E-state index in [2.05, 4.69) is 19.9 Å². The second kappa shape index (κ2) is 8.79. The summed E-state index contributed by atoms with van der Waals surface area (Å²) in [7, 11) is 0. The Morgan fingerprint density at radius 3 is 2.42 bits per heavy atom. The molecular weight excluding hydrogens is 146 g/mol. The molecule has 0 aliphatic rings. The summed E-state index contributed by atoms with van der Waals surface area (Å²) in [6, 6.07) is 0. The fourth-order valence-electron chi connectivity index (χ4n) is 1.18. The molecule has 0 unspecified atom stereocenters. The summed E-state index contributed by atoms with van der Waals surface area (Å²) in [6.07, 6.45) is 10.3. The topological polar surface area (TPSA) is 26.0 Å². The van der Waals surface area contributed by atoms with Crippen LogP contribution in [-0.4, -0.2) is 6.54 Å². The largest absolute Gasteiger partial charge is 0.327 e. The highest BCUT2D eigenvalue weighted by Crippen LogP contribution is 2.06. The molecule has 0 amide bonds. The molecule has 0 atom stereocenters. The van der Waals surface area contributed by atoms with Crippen molar-refractivity contribution in [1.82, 2.24) is 0 Å². The summed E-state index contributed by atoms with van der Waals surface area (Å²) in [6.45, 7) is 5.07. The van der Waals surface area contributed by atoms with Gasteiger partial charge < -0.3 is 5.73 Å². The van der Waals surface area contributed by atoms with Gasteiger partial charge >= 0.3 is 0 Å². The minimum atomic E-state index is 0.717. The van der Waals surface area contributed by atoms with Gasteiger partial charge in [-0.2, -0.15) is 0 Å². The average molecular weight is 169 g/mol. The van der Waals surface area contributed by atoms with Gasteiger partial charge in [0.05, 0.1) is 0 Å². The third-order valence-electron chi connectivity index (χ3n) is 2.12. The Morgan fingerprint density at radius 2 is 1.83 bits per heavy atom. The lowest BCUT2D eigenvalue weighted by atomic mass is 10.1. The van der Waals surface area contributed by atoms with E-state index in [1.807, 2.05) is 0 Å². The third-order valence-corrected chi connectivity index (χ3v) is 2.12. The molecule has 0 aliphatic heterocycles. The van der Waals surface area contributed by atoms with Crippen molar-refractivity contribution in [3.05, 3.63) is 11.6 Å². The fraction of sp³-hybridized carbons (Fsp3) is 0.818. The highest BCUT2D eigenvalue weighted by atomic mass is 14.5. The van der Waals surface area contributed by atoms with Gasteiger partial charge in [0.2, 0.25) is 0 Å². The molecule has 0 fully saturated rings. The van der Waals surface area contributed by atoms with Gasteiger partial charge in [0.1, 0.15) is 0 Å². The Labute approximate surface area is 77.0 Å². The minimum Gasteiger partial charge on any atom is -0.327 e. The average Bonchev–Trinajstić information content (AvgIpc) is 2.10. The van der Waals surface area contributed by atoms with Crippen molar-refractivity contribution in [2.75, 3.05) is 6.54 Å². The monoisotopic (exact) mass is 169 g/mol. The Kier molecular flexibility index (Phi) is 8.57. The van der Waals surface area contributed by atoms with E-state index in [1.54, 1.807) is 0 Å². The highest BCUT2D eigenvalue weighted by molar-refractivity contribution is 4.98. The number of rotatable bonds is 7. The molecule has 0 spiro atoms. The number of hydrogen-bond acceptors (Lipinski definition) is 1. The van der Waals surface area contributed by atoms with Gasteiger partial charge in [-0.1, -0.05) is 44.3 Å². The molecule has 0 aliphatic carbocycles. The SMILES string of the molecule is CCCCCCC/C=C(/C)CN. The molecule has 1 nitrogen and oxygen atoms in total. The molecule has 0 aromatic carbocycles. The lowest BCUT2D eigenvalue weighted by Crippen LogP contribution is -1.99. The standard InChI is InChI=1S/C11H23N/c1-3-4-5-6-7-8-9-11(2)10-12/h9H,3-8,10,12H2,1-2H3/b11-9-. The molecular formula is C11H23N. The molecule has 0 aromatic rings. The van der Waals surface area contributed by atoms with Crippen LogP contribution in [0.15, 0.2) is 11.6 Å². The predicted octanol–water partition coefficient (Wildman–Crippen LogP) is 3.25. The van der Waals surface area contributed by atoms with Crippen molar-refractivity contribution >= 4 is 0 Å².